The number of rotatable bonds is 6. The Bertz CT molecular complexity index is 861. The summed E-state index contributed by atoms with van der Waals surface area (Å²) in [6.45, 7) is 0.948. The first kappa shape index (κ1) is 17.3. The first-order valence-electron chi connectivity index (χ1n) is 7.50. The third-order valence-corrected chi connectivity index (χ3v) is 3.78. The number of nitrogens with two attached hydrogens (primary N) is 1. The predicted molar refractivity (Wildman–Crippen MR) is 100 cm³/mol. The van der Waals surface area contributed by atoms with Crippen molar-refractivity contribution in [2.24, 2.45) is 0 Å². The molecule has 128 valence electrons. The van der Waals surface area contributed by atoms with Gasteiger partial charge in [-0.2, -0.15) is 15.0 Å². The molecule has 0 aliphatic heterocycles. The van der Waals surface area contributed by atoms with E-state index in [1.807, 2.05) is 30.3 Å². The van der Waals surface area contributed by atoms with E-state index in [0.717, 1.165) is 5.75 Å². The van der Waals surface area contributed by atoms with E-state index in [1.165, 1.54) is 0 Å². The average molecular weight is 376 g/mol. The smallest absolute Gasteiger partial charge is 0.228 e. The summed E-state index contributed by atoms with van der Waals surface area (Å²) in [6.07, 6.45) is 0. The number of para-hydroxylation sites is 1. The molecule has 3 N–H and O–H groups in total. The second kappa shape index (κ2) is 8.00. The van der Waals surface area contributed by atoms with Crippen molar-refractivity contribution in [2.75, 3.05) is 24.2 Å². The molecular formula is C17H15Cl2N5O. The highest BCUT2D eigenvalue weighted by Crippen LogP contribution is 2.28. The molecule has 2 aromatic carbocycles. The molecule has 0 fully saturated rings. The zero-order valence-electron chi connectivity index (χ0n) is 13.1. The van der Waals surface area contributed by atoms with Crippen LogP contribution in [0.15, 0.2) is 48.5 Å². The highest BCUT2D eigenvalue weighted by Gasteiger charge is 2.11. The molecule has 8 heteroatoms. The lowest BCUT2D eigenvalue weighted by atomic mass is 10.2. The Kier molecular flexibility index (Phi) is 5.53. The van der Waals surface area contributed by atoms with Crippen LogP contribution in [0, 0.1) is 0 Å². The molecule has 0 amide bonds. The maximum atomic E-state index is 6.19. The third-order valence-electron chi connectivity index (χ3n) is 3.22. The minimum absolute atomic E-state index is 0.0903. The van der Waals surface area contributed by atoms with Crippen molar-refractivity contribution in [1.29, 1.82) is 0 Å². The normalized spacial score (nSPS) is 10.5. The monoisotopic (exact) mass is 375 g/mol. The Balaban J connectivity index is 1.68. The maximum Gasteiger partial charge on any atom is 0.228 e. The van der Waals surface area contributed by atoms with Gasteiger partial charge in [0, 0.05) is 10.6 Å². The lowest BCUT2D eigenvalue weighted by molar-refractivity contribution is 0.332. The van der Waals surface area contributed by atoms with Gasteiger partial charge in [-0.15, -0.1) is 0 Å². The summed E-state index contributed by atoms with van der Waals surface area (Å²) in [5.74, 6) is 1.58. The Labute approximate surface area is 155 Å². The number of ether oxygens (including phenoxy) is 1. The van der Waals surface area contributed by atoms with E-state index in [4.69, 9.17) is 33.7 Å². The Hall–Kier alpha value is -2.57. The van der Waals surface area contributed by atoms with E-state index in [2.05, 4.69) is 20.3 Å². The van der Waals surface area contributed by atoms with E-state index in [9.17, 15) is 0 Å². The fourth-order valence-electron chi connectivity index (χ4n) is 2.11. The topological polar surface area (TPSA) is 86.0 Å². The molecule has 0 radical (unpaired) electrons. The first-order valence-corrected chi connectivity index (χ1v) is 8.26. The van der Waals surface area contributed by atoms with Crippen molar-refractivity contribution in [2.45, 2.75) is 0 Å². The van der Waals surface area contributed by atoms with Crippen LogP contribution in [0.5, 0.6) is 5.75 Å². The molecule has 6 nitrogen and oxygen atoms in total. The maximum absolute atomic E-state index is 6.19. The van der Waals surface area contributed by atoms with Crippen LogP contribution < -0.4 is 15.8 Å². The van der Waals surface area contributed by atoms with E-state index in [1.54, 1.807) is 18.2 Å². The molecule has 0 aliphatic carbocycles. The van der Waals surface area contributed by atoms with E-state index in [-0.39, 0.29) is 5.95 Å². The molecule has 25 heavy (non-hydrogen) atoms. The van der Waals surface area contributed by atoms with E-state index >= 15 is 0 Å². The standard InChI is InChI=1S/C17H15Cl2N5O/c18-11-6-7-14(19)13(10-11)15-22-16(20)24-17(23-15)21-8-9-25-12-4-2-1-3-5-12/h1-7,10H,8-9H2,(H3,20,21,22,23,24). The summed E-state index contributed by atoms with van der Waals surface area (Å²) in [4.78, 5) is 12.5. The van der Waals surface area contributed by atoms with Crippen LogP contribution >= 0.6 is 23.2 Å². The summed E-state index contributed by atoms with van der Waals surface area (Å²) in [6, 6.07) is 14.6. The van der Waals surface area contributed by atoms with Gasteiger partial charge >= 0.3 is 0 Å². The van der Waals surface area contributed by atoms with Crippen LogP contribution in [0.25, 0.3) is 11.4 Å². The number of aromatic nitrogens is 3. The number of halogens is 2. The van der Waals surface area contributed by atoms with Crippen LogP contribution in [0.4, 0.5) is 11.9 Å². The van der Waals surface area contributed by atoms with Gasteiger partial charge in [0.15, 0.2) is 5.82 Å². The fraction of sp³-hybridized carbons (Fsp3) is 0.118. The Morgan fingerprint density at radius 2 is 1.80 bits per heavy atom. The zero-order valence-corrected chi connectivity index (χ0v) is 14.6. The highest BCUT2D eigenvalue weighted by molar-refractivity contribution is 6.35. The number of nitrogens with zero attached hydrogens (tertiary/aromatic N) is 3. The zero-order chi connectivity index (χ0) is 17.6. The SMILES string of the molecule is Nc1nc(NCCOc2ccccc2)nc(-c2cc(Cl)ccc2Cl)n1. The van der Waals surface area contributed by atoms with Crippen molar-refractivity contribution in [3.05, 3.63) is 58.6 Å². The molecule has 1 aromatic heterocycles. The van der Waals surface area contributed by atoms with Gasteiger partial charge in [0.25, 0.3) is 0 Å². The fourth-order valence-corrected chi connectivity index (χ4v) is 2.48. The summed E-state index contributed by atoms with van der Waals surface area (Å²) in [5, 5.41) is 4.07. The second-order valence-electron chi connectivity index (χ2n) is 5.05. The molecule has 0 saturated carbocycles. The Morgan fingerprint density at radius 3 is 2.60 bits per heavy atom. The molecule has 1 heterocycles. The van der Waals surface area contributed by atoms with Gasteiger partial charge in [-0.05, 0) is 30.3 Å². The van der Waals surface area contributed by atoms with Gasteiger partial charge in [-0.25, -0.2) is 0 Å². The molecule has 0 unspecified atom stereocenters. The molecule has 3 aromatic rings. The number of benzene rings is 2. The van der Waals surface area contributed by atoms with E-state index in [0.29, 0.717) is 40.5 Å². The van der Waals surface area contributed by atoms with Crippen molar-refractivity contribution in [1.82, 2.24) is 15.0 Å². The highest BCUT2D eigenvalue weighted by atomic mass is 35.5. The van der Waals surface area contributed by atoms with Gasteiger partial charge in [0.2, 0.25) is 11.9 Å². The second-order valence-corrected chi connectivity index (χ2v) is 5.90. The average Bonchev–Trinajstić information content (AvgIpc) is 2.61. The molecule has 0 aliphatic rings. The minimum atomic E-state index is 0.0903. The number of nitrogen functional groups attached to an aromatic ring is 1. The number of nitrogens with one attached hydrogen (secondary N) is 1. The van der Waals surface area contributed by atoms with Crippen LogP contribution in [0.1, 0.15) is 0 Å². The summed E-state index contributed by atoms with van der Waals surface area (Å²) in [5.41, 5.74) is 6.36. The van der Waals surface area contributed by atoms with Crippen LogP contribution in [-0.4, -0.2) is 28.1 Å². The molecule has 0 saturated heterocycles. The van der Waals surface area contributed by atoms with Gasteiger partial charge in [-0.1, -0.05) is 41.4 Å². The van der Waals surface area contributed by atoms with E-state index < -0.39 is 0 Å². The van der Waals surface area contributed by atoms with Gasteiger partial charge < -0.3 is 15.8 Å². The van der Waals surface area contributed by atoms with Crippen molar-refractivity contribution < 1.29 is 4.74 Å². The quantitative estimate of drug-likeness (QED) is 0.635. The predicted octanol–water partition coefficient (Wildman–Crippen LogP) is 3.92. The Morgan fingerprint density at radius 1 is 1.00 bits per heavy atom. The molecule has 0 atom stereocenters. The van der Waals surface area contributed by atoms with Crippen molar-refractivity contribution in [3.8, 4) is 17.1 Å². The molecule has 3 rings (SSSR count). The van der Waals surface area contributed by atoms with Gasteiger partial charge in [0.1, 0.15) is 12.4 Å². The first-order chi connectivity index (χ1) is 12.1. The molecule has 0 spiro atoms. The van der Waals surface area contributed by atoms with Crippen LogP contribution in [0.3, 0.4) is 0 Å². The number of hydrogen-bond donors (Lipinski definition) is 2. The minimum Gasteiger partial charge on any atom is -0.492 e. The summed E-state index contributed by atoms with van der Waals surface area (Å²) in [7, 11) is 0. The lowest BCUT2D eigenvalue weighted by Crippen LogP contribution is -2.14. The largest absolute Gasteiger partial charge is 0.492 e. The van der Waals surface area contributed by atoms with Crippen LogP contribution in [-0.2, 0) is 0 Å². The summed E-state index contributed by atoms with van der Waals surface area (Å²) >= 11 is 12.2. The molecule has 0 bridgehead atoms. The van der Waals surface area contributed by atoms with Crippen molar-refractivity contribution >= 4 is 35.1 Å². The van der Waals surface area contributed by atoms with Gasteiger partial charge in [0.05, 0.1) is 11.6 Å². The van der Waals surface area contributed by atoms with Crippen LogP contribution in [0.2, 0.25) is 10.0 Å². The molecular weight excluding hydrogens is 361 g/mol. The third kappa shape index (κ3) is 4.71. The lowest BCUT2D eigenvalue weighted by Gasteiger charge is -2.09. The summed E-state index contributed by atoms with van der Waals surface area (Å²) < 4.78 is 5.60. The number of anilines is 2. The van der Waals surface area contributed by atoms with Gasteiger partial charge in [-0.3, -0.25) is 0 Å². The number of hydrogen-bond acceptors (Lipinski definition) is 6. The van der Waals surface area contributed by atoms with Crippen molar-refractivity contribution in [3.63, 3.8) is 0 Å².